The number of carbonyl (C=O) groups is 1. The topological polar surface area (TPSA) is 88.4 Å². The van der Waals surface area contributed by atoms with Crippen LogP contribution in [0.2, 0.25) is 0 Å². The van der Waals surface area contributed by atoms with Crippen LogP contribution >= 0.6 is 33.9 Å². The van der Waals surface area contributed by atoms with Gasteiger partial charge in [0.15, 0.2) is 16.3 Å². The van der Waals surface area contributed by atoms with E-state index in [-0.39, 0.29) is 12.2 Å². The van der Waals surface area contributed by atoms with E-state index in [0.717, 1.165) is 14.7 Å². The van der Waals surface area contributed by atoms with E-state index >= 15 is 0 Å². The van der Waals surface area contributed by atoms with Crippen LogP contribution in [0.3, 0.4) is 0 Å². The van der Waals surface area contributed by atoms with Crippen LogP contribution in [0.5, 0.6) is 17.2 Å². The van der Waals surface area contributed by atoms with Crippen molar-refractivity contribution in [3.63, 3.8) is 0 Å². The van der Waals surface area contributed by atoms with Crippen LogP contribution in [0, 0.1) is 3.57 Å². The molecular formula is C28H27IN2O6S. The van der Waals surface area contributed by atoms with Gasteiger partial charge >= 0.3 is 5.97 Å². The maximum absolute atomic E-state index is 13.8. The molecule has 38 heavy (non-hydrogen) atoms. The summed E-state index contributed by atoms with van der Waals surface area (Å²) in [5.74, 6) is 1.33. The number of aromatic nitrogens is 1. The molecule has 2 aromatic carbocycles. The number of nitrogens with zero attached hydrogens (tertiary/aromatic N) is 2. The summed E-state index contributed by atoms with van der Waals surface area (Å²) in [6.45, 7) is 7.75. The zero-order valence-electron chi connectivity index (χ0n) is 21.4. The van der Waals surface area contributed by atoms with Gasteiger partial charge < -0.3 is 18.9 Å². The number of fused-ring (bicyclic) bond motifs is 1. The predicted molar refractivity (Wildman–Crippen MR) is 155 cm³/mol. The Labute approximate surface area is 237 Å². The first-order valence-corrected chi connectivity index (χ1v) is 13.7. The Bertz CT molecular complexity index is 1590. The summed E-state index contributed by atoms with van der Waals surface area (Å²) >= 11 is 3.43. The third kappa shape index (κ3) is 5.41. The number of ether oxygens (including phenoxy) is 4. The summed E-state index contributed by atoms with van der Waals surface area (Å²) in [4.78, 5) is 32.0. The second-order valence-electron chi connectivity index (χ2n) is 8.21. The highest BCUT2D eigenvalue weighted by molar-refractivity contribution is 14.1. The fraction of sp³-hybridized carbons (Fsp3) is 0.250. The van der Waals surface area contributed by atoms with Gasteiger partial charge in [-0.3, -0.25) is 9.36 Å². The lowest BCUT2D eigenvalue weighted by molar-refractivity contribution is -0.139. The zero-order valence-corrected chi connectivity index (χ0v) is 24.4. The number of carbonyl (C=O) groups excluding carboxylic acids is 1. The molecule has 0 saturated heterocycles. The van der Waals surface area contributed by atoms with E-state index in [1.54, 1.807) is 56.9 Å². The van der Waals surface area contributed by atoms with Crippen LogP contribution in [-0.4, -0.2) is 38.0 Å². The molecule has 1 aliphatic heterocycles. The number of benzene rings is 2. The van der Waals surface area contributed by atoms with Crippen LogP contribution in [-0.2, 0) is 9.53 Å². The molecule has 0 unspecified atom stereocenters. The van der Waals surface area contributed by atoms with Crippen molar-refractivity contribution in [2.45, 2.75) is 19.9 Å². The Balaban J connectivity index is 1.89. The monoisotopic (exact) mass is 646 g/mol. The number of esters is 1. The average Bonchev–Trinajstić information content (AvgIpc) is 3.21. The summed E-state index contributed by atoms with van der Waals surface area (Å²) in [5.41, 5.74) is 2.10. The number of allylic oxidation sites excluding steroid dienone is 1. The van der Waals surface area contributed by atoms with Crippen LogP contribution < -0.4 is 29.1 Å². The third-order valence-corrected chi connectivity index (χ3v) is 7.63. The number of hydrogen-bond donors (Lipinski definition) is 0. The number of halogens is 1. The van der Waals surface area contributed by atoms with Crippen molar-refractivity contribution in [3.8, 4) is 17.2 Å². The molecule has 3 aromatic rings. The van der Waals surface area contributed by atoms with Crippen molar-refractivity contribution in [2.75, 3.05) is 27.4 Å². The van der Waals surface area contributed by atoms with Crippen LogP contribution in [0.15, 0.2) is 70.1 Å². The molecule has 1 aliphatic rings. The molecule has 2 heterocycles. The Morgan fingerprint density at radius 2 is 1.95 bits per heavy atom. The summed E-state index contributed by atoms with van der Waals surface area (Å²) < 4.78 is 24.8. The first kappa shape index (κ1) is 27.6. The molecule has 0 saturated carbocycles. The van der Waals surface area contributed by atoms with E-state index in [9.17, 15) is 9.59 Å². The van der Waals surface area contributed by atoms with Gasteiger partial charge in [-0.2, -0.15) is 0 Å². The van der Waals surface area contributed by atoms with Crippen molar-refractivity contribution >= 4 is 46.0 Å². The Kier molecular flexibility index (Phi) is 8.72. The van der Waals surface area contributed by atoms with Gasteiger partial charge in [0.2, 0.25) is 0 Å². The second-order valence-corrected chi connectivity index (χ2v) is 10.4. The van der Waals surface area contributed by atoms with Crippen molar-refractivity contribution in [1.82, 2.24) is 4.57 Å². The molecule has 4 rings (SSSR count). The molecule has 0 fully saturated rings. The maximum atomic E-state index is 13.8. The van der Waals surface area contributed by atoms with E-state index in [1.165, 1.54) is 11.3 Å². The van der Waals surface area contributed by atoms with Gasteiger partial charge in [0, 0.05) is 0 Å². The molecule has 1 atom stereocenters. The van der Waals surface area contributed by atoms with Gasteiger partial charge in [-0.05, 0) is 77.9 Å². The molecule has 0 aliphatic carbocycles. The predicted octanol–water partition coefficient (Wildman–Crippen LogP) is 3.98. The third-order valence-electron chi connectivity index (χ3n) is 5.84. The second kappa shape index (κ2) is 12.0. The number of thiazole rings is 1. The quantitative estimate of drug-likeness (QED) is 0.199. The first-order chi connectivity index (χ1) is 18.3. The highest BCUT2D eigenvalue weighted by Crippen LogP contribution is 2.34. The normalized spacial score (nSPS) is 15.0. The molecule has 0 radical (unpaired) electrons. The number of methoxy groups -OCH3 is 2. The van der Waals surface area contributed by atoms with Gasteiger partial charge in [-0.1, -0.05) is 36.1 Å². The first-order valence-electron chi connectivity index (χ1n) is 11.8. The lowest BCUT2D eigenvalue weighted by atomic mass is 9.96. The van der Waals surface area contributed by atoms with Crippen molar-refractivity contribution in [3.05, 3.63) is 94.7 Å². The van der Waals surface area contributed by atoms with E-state index < -0.39 is 12.0 Å². The van der Waals surface area contributed by atoms with Crippen LogP contribution in [0.25, 0.3) is 6.08 Å². The van der Waals surface area contributed by atoms with E-state index in [1.807, 2.05) is 24.3 Å². The molecule has 1 aromatic heterocycles. The van der Waals surface area contributed by atoms with Gasteiger partial charge in [0.25, 0.3) is 5.56 Å². The van der Waals surface area contributed by atoms with E-state index in [2.05, 4.69) is 34.2 Å². The molecule has 198 valence electrons. The molecule has 0 bridgehead atoms. The number of hydrogen-bond acceptors (Lipinski definition) is 8. The van der Waals surface area contributed by atoms with Gasteiger partial charge in [-0.25, -0.2) is 9.79 Å². The Hall–Kier alpha value is -3.38. The average molecular weight is 647 g/mol. The van der Waals surface area contributed by atoms with E-state index in [4.69, 9.17) is 18.9 Å². The lowest BCUT2D eigenvalue weighted by Crippen LogP contribution is -2.39. The van der Waals surface area contributed by atoms with Crippen LogP contribution in [0.4, 0.5) is 0 Å². The van der Waals surface area contributed by atoms with Gasteiger partial charge in [0.1, 0.15) is 12.4 Å². The standard InChI is InChI=1S/C28H27IN2O6S/c1-6-12-37-25-20(29)13-17(14-21(25)35-5)15-22-26(32)31-24(18-8-10-19(34-4)11-9-18)23(27(33)36-7-2)16(3)30-28(31)38-22/h6,8-11,13-15,24H,1,7,12H2,2-5H3/b22-15-/t24-/m0/s1. The van der Waals surface area contributed by atoms with Crippen LogP contribution in [0.1, 0.15) is 31.0 Å². The fourth-order valence-corrected chi connectivity index (χ4v) is 5.98. The zero-order chi connectivity index (χ0) is 27.4. The van der Waals surface area contributed by atoms with E-state index in [0.29, 0.717) is 44.5 Å². The summed E-state index contributed by atoms with van der Waals surface area (Å²) in [6, 6.07) is 10.3. The minimum atomic E-state index is -0.692. The molecule has 10 heteroatoms. The lowest BCUT2D eigenvalue weighted by Gasteiger charge is -2.24. The Morgan fingerprint density at radius 1 is 1.21 bits per heavy atom. The summed E-state index contributed by atoms with van der Waals surface area (Å²) in [6.07, 6.45) is 3.45. The largest absolute Gasteiger partial charge is 0.497 e. The molecular weight excluding hydrogens is 619 g/mol. The van der Waals surface area contributed by atoms with Gasteiger partial charge in [0.05, 0.1) is 46.2 Å². The fourth-order valence-electron chi connectivity index (χ4n) is 4.15. The highest BCUT2D eigenvalue weighted by atomic mass is 127. The highest BCUT2D eigenvalue weighted by Gasteiger charge is 2.33. The Morgan fingerprint density at radius 3 is 2.58 bits per heavy atom. The molecule has 0 spiro atoms. The summed E-state index contributed by atoms with van der Waals surface area (Å²) in [5, 5.41) is 0. The summed E-state index contributed by atoms with van der Waals surface area (Å²) in [7, 11) is 3.15. The molecule has 0 N–H and O–H groups in total. The smallest absolute Gasteiger partial charge is 0.338 e. The maximum Gasteiger partial charge on any atom is 0.338 e. The van der Waals surface area contributed by atoms with Crippen molar-refractivity contribution < 1.29 is 23.7 Å². The minimum Gasteiger partial charge on any atom is -0.497 e. The SMILES string of the molecule is C=CCOc1c(I)cc(/C=c2\sc3n(c2=O)[C@@H](c2ccc(OC)cc2)C(C(=O)OCC)=C(C)N=3)cc1OC. The molecule has 0 amide bonds. The van der Waals surface area contributed by atoms with Crippen molar-refractivity contribution in [1.29, 1.82) is 0 Å². The van der Waals surface area contributed by atoms with Gasteiger partial charge in [-0.15, -0.1) is 0 Å². The van der Waals surface area contributed by atoms with Crippen molar-refractivity contribution in [2.24, 2.45) is 4.99 Å². The minimum absolute atomic E-state index is 0.211. The molecule has 8 nitrogen and oxygen atoms in total. The number of rotatable bonds is 9.